The molecule has 0 radical (unpaired) electrons. The second-order valence-electron chi connectivity index (χ2n) is 7.51. The number of aromatic nitrogens is 2. The van der Waals surface area contributed by atoms with Crippen molar-refractivity contribution in [3.63, 3.8) is 0 Å². The molecule has 2 aromatic carbocycles. The van der Waals surface area contributed by atoms with Crippen molar-refractivity contribution in [1.82, 2.24) is 14.9 Å². The molecule has 1 saturated heterocycles. The van der Waals surface area contributed by atoms with Crippen molar-refractivity contribution in [2.24, 2.45) is 0 Å². The Morgan fingerprint density at radius 3 is 2.68 bits per heavy atom. The summed E-state index contributed by atoms with van der Waals surface area (Å²) in [4.78, 5) is 27.3. The van der Waals surface area contributed by atoms with Crippen LogP contribution in [-0.2, 0) is 11.2 Å². The number of fused-ring (bicyclic) bond motifs is 2. The molecule has 1 amide bonds. The van der Waals surface area contributed by atoms with Gasteiger partial charge in [-0.3, -0.25) is 14.6 Å². The van der Waals surface area contributed by atoms with Crippen molar-refractivity contribution in [2.45, 2.75) is 13.3 Å². The largest absolute Gasteiger partial charge is 0.379 e. The third kappa shape index (κ3) is 4.21. The van der Waals surface area contributed by atoms with Crippen molar-refractivity contribution < 1.29 is 9.53 Å². The molecule has 0 saturated carbocycles. The van der Waals surface area contributed by atoms with Gasteiger partial charge in [0.25, 0.3) is 5.91 Å². The number of hydrogen-bond donors (Lipinski definition) is 0. The number of nitrogens with zero attached hydrogens (tertiary/aromatic N) is 4. The van der Waals surface area contributed by atoms with Gasteiger partial charge in [0.15, 0.2) is 10.1 Å². The van der Waals surface area contributed by atoms with Crippen LogP contribution in [0.25, 0.3) is 20.4 Å². The number of amides is 1. The lowest BCUT2D eigenvalue weighted by Gasteiger charge is -2.28. The molecule has 2 aromatic heterocycles. The molecular weight excluding hydrogens is 428 g/mol. The van der Waals surface area contributed by atoms with E-state index in [9.17, 15) is 4.79 Å². The van der Waals surface area contributed by atoms with Crippen LogP contribution in [0.1, 0.15) is 22.3 Å². The van der Waals surface area contributed by atoms with Gasteiger partial charge >= 0.3 is 0 Å². The van der Waals surface area contributed by atoms with E-state index >= 15 is 0 Å². The van der Waals surface area contributed by atoms with Gasteiger partial charge in [0.2, 0.25) is 0 Å². The topological polar surface area (TPSA) is 58.6 Å². The molecule has 3 heterocycles. The molecule has 0 atom stereocenters. The van der Waals surface area contributed by atoms with Gasteiger partial charge in [-0.15, -0.1) is 11.3 Å². The average Bonchev–Trinajstić information content (AvgIpc) is 3.44. The first-order chi connectivity index (χ1) is 15.2. The van der Waals surface area contributed by atoms with Crippen LogP contribution in [0, 0.1) is 0 Å². The number of hydrogen-bond acceptors (Lipinski definition) is 7. The molecule has 0 spiro atoms. The first-order valence-corrected chi connectivity index (χ1v) is 12.2. The highest BCUT2D eigenvalue weighted by Crippen LogP contribution is 2.33. The van der Waals surface area contributed by atoms with Crippen molar-refractivity contribution in [2.75, 3.05) is 44.3 Å². The zero-order chi connectivity index (χ0) is 21.2. The number of benzene rings is 2. The van der Waals surface area contributed by atoms with Gasteiger partial charge < -0.3 is 4.74 Å². The zero-order valence-corrected chi connectivity index (χ0v) is 19.0. The second kappa shape index (κ2) is 9.00. The van der Waals surface area contributed by atoms with E-state index in [1.807, 2.05) is 29.2 Å². The summed E-state index contributed by atoms with van der Waals surface area (Å²) in [5.74, 6) is -0.0773. The SMILES string of the molecule is CCc1cccc2sc(N(CCN3CCOCC3)C(=O)c3nc4ccccc4s3)nc12. The lowest BCUT2D eigenvalue weighted by Crippen LogP contribution is -2.43. The van der Waals surface area contributed by atoms with E-state index < -0.39 is 0 Å². The quantitative estimate of drug-likeness (QED) is 0.433. The molecule has 8 heteroatoms. The molecule has 1 aliphatic heterocycles. The summed E-state index contributed by atoms with van der Waals surface area (Å²) in [6, 6.07) is 14.1. The molecule has 5 rings (SSSR count). The van der Waals surface area contributed by atoms with E-state index in [1.165, 1.54) is 16.9 Å². The predicted molar refractivity (Wildman–Crippen MR) is 128 cm³/mol. The summed E-state index contributed by atoms with van der Waals surface area (Å²) in [6.45, 7) is 6.77. The Bertz CT molecular complexity index is 1180. The zero-order valence-electron chi connectivity index (χ0n) is 17.4. The first kappa shape index (κ1) is 20.5. The van der Waals surface area contributed by atoms with Gasteiger partial charge in [0, 0.05) is 26.2 Å². The maximum absolute atomic E-state index is 13.6. The molecule has 0 aliphatic carbocycles. The average molecular weight is 453 g/mol. The van der Waals surface area contributed by atoms with Crippen LogP contribution in [0.4, 0.5) is 5.13 Å². The number of carbonyl (C=O) groups is 1. The summed E-state index contributed by atoms with van der Waals surface area (Å²) in [5.41, 5.74) is 3.07. The van der Waals surface area contributed by atoms with Crippen LogP contribution >= 0.6 is 22.7 Å². The van der Waals surface area contributed by atoms with Gasteiger partial charge in [-0.05, 0) is 30.2 Å². The molecule has 4 aromatic rings. The van der Waals surface area contributed by atoms with Gasteiger partial charge in [-0.25, -0.2) is 9.97 Å². The van der Waals surface area contributed by atoms with E-state index in [2.05, 4.69) is 35.0 Å². The van der Waals surface area contributed by atoms with E-state index in [4.69, 9.17) is 9.72 Å². The molecule has 0 bridgehead atoms. The van der Waals surface area contributed by atoms with Crippen molar-refractivity contribution in [3.05, 3.63) is 53.0 Å². The van der Waals surface area contributed by atoms with Gasteiger partial charge in [0.1, 0.15) is 0 Å². The molecule has 6 nitrogen and oxygen atoms in total. The van der Waals surface area contributed by atoms with Gasteiger partial charge in [0.05, 0.1) is 33.6 Å². The lowest BCUT2D eigenvalue weighted by atomic mass is 10.1. The number of thiazole rings is 2. The standard InChI is InChI=1S/C23H24N4O2S2/c1-2-16-6-5-9-19-20(16)25-23(31-19)27(11-10-26-12-14-29-15-13-26)22(28)21-24-17-7-3-4-8-18(17)30-21/h3-9H,2,10-15H2,1H3. The van der Waals surface area contributed by atoms with E-state index in [1.54, 1.807) is 11.3 Å². The normalized spacial score (nSPS) is 15.0. The third-order valence-corrected chi connectivity index (χ3v) is 7.64. The van der Waals surface area contributed by atoms with Crippen molar-refractivity contribution in [3.8, 4) is 0 Å². The highest BCUT2D eigenvalue weighted by molar-refractivity contribution is 7.23. The number of ether oxygens (including phenoxy) is 1. The summed E-state index contributed by atoms with van der Waals surface area (Å²) < 4.78 is 7.60. The number of carbonyl (C=O) groups excluding carboxylic acids is 1. The minimum absolute atomic E-state index is 0.0773. The van der Waals surface area contributed by atoms with Crippen molar-refractivity contribution in [1.29, 1.82) is 0 Å². The number of anilines is 1. The molecule has 1 aliphatic rings. The Balaban J connectivity index is 1.49. The smallest absolute Gasteiger partial charge is 0.289 e. The van der Waals surface area contributed by atoms with Gasteiger partial charge in [-0.1, -0.05) is 42.5 Å². The van der Waals surface area contributed by atoms with Crippen LogP contribution < -0.4 is 4.90 Å². The first-order valence-electron chi connectivity index (χ1n) is 10.6. The molecule has 31 heavy (non-hydrogen) atoms. The Morgan fingerprint density at radius 2 is 1.87 bits per heavy atom. The molecule has 0 unspecified atom stereocenters. The molecule has 1 fully saturated rings. The van der Waals surface area contributed by atoms with E-state index in [0.717, 1.165) is 64.8 Å². The van der Waals surface area contributed by atoms with Crippen LogP contribution in [0.5, 0.6) is 0 Å². The fourth-order valence-corrected chi connectivity index (χ4v) is 5.78. The fraction of sp³-hybridized carbons (Fsp3) is 0.348. The van der Waals surface area contributed by atoms with E-state index in [-0.39, 0.29) is 5.91 Å². The van der Waals surface area contributed by atoms with Crippen LogP contribution in [0.2, 0.25) is 0 Å². The molecule has 0 N–H and O–H groups in total. The Hall–Kier alpha value is -2.39. The Kier molecular flexibility index (Phi) is 5.95. The summed E-state index contributed by atoms with van der Waals surface area (Å²) in [7, 11) is 0. The maximum Gasteiger partial charge on any atom is 0.289 e. The highest BCUT2D eigenvalue weighted by Gasteiger charge is 2.25. The fourth-order valence-electron chi connectivity index (χ4n) is 3.82. The van der Waals surface area contributed by atoms with Crippen molar-refractivity contribution >= 4 is 54.1 Å². The van der Waals surface area contributed by atoms with E-state index in [0.29, 0.717) is 11.6 Å². The number of rotatable bonds is 6. The minimum Gasteiger partial charge on any atom is -0.379 e. The summed E-state index contributed by atoms with van der Waals surface area (Å²) >= 11 is 3.02. The monoisotopic (exact) mass is 452 g/mol. The lowest BCUT2D eigenvalue weighted by molar-refractivity contribution is 0.0391. The molecule has 160 valence electrons. The highest BCUT2D eigenvalue weighted by atomic mass is 32.1. The predicted octanol–water partition coefficient (Wildman–Crippen LogP) is 4.45. The Labute approximate surface area is 189 Å². The number of morpholine rings is 1. The third-order valence-electron chi connectivity index (χ3n) is 5.57. The second-order valence-corrected chi connectivity index (χ2v) is 9.55. The number of para-hydroxylation sites is 2. The minimum atomic E-state index is -0.0773. The summed E-state index contributed by atoms with van der Waals surface area (Å²) in [6.07, 6.45) is 0.917. The Morgan fingerprint density at radius 1 is 1.06 bits per heavy atom. The van der Waals surface area contributed by atoms with Gasteiger partial charge in [-0.2, -0.15) is 0 Å². The molecular formula is C23H24N4O2S2. The maximum atomic E-state index is 13.6. The van der Waals surface area contributed by atoms with Crippen LogP contribution in [0.15, 0.2) is 42.5 Å². The number of aryl methyl sites for hydroxylation is 1. The van der Waals surface area contributed by atoms with Crippen LogP contribution in [-0.4, -0.2) is 60.2 Å². The van der Waals surface area contributed by atoms with Crippen LogP contribution in [0.3, 0.4) is 0 Å². The summed E-state index contributed by atoms with van der Waals surface area (Å²) in [5, 5.41) is 1.26.